The van der Waals surface area contributed by atoms with E-state index in [0.29, 0.717) is 0 Å². The zero-order chi connectivity index (χ0) is 23.9. The highest BCUT2D eigenvalue weighted by Gasteiger charge is 1.85. The molecule has 4 heteroatoms. The van der Waals surface area contributed by atoms with Crippen LogP contribution in [-0.4, -0.2) is 19.9 Å². The second-order valence-electron chi connectivity index (χ2n) is 7.95. The van der Waals surface area contributed by atoms with Crippen molar-refractivity contribution in [2.24, 2.45) is 0 Å². The van der Waals surface area contributed by atoms with Crippen molar-refractivity contribution < 1.29 is 0 Å². The molecule has 4 aromatic heterocycles. The summed E-state index contributed by atoms with van der Waals surface area (Å²) in [6.45, 7) is 16.3. The number of nitrogens with zero attached hydrogens (tertiary/aromatic N) is 4. The Morgan fingerprint density at radius 2 is 1.09 bits per heavy atom. The maximum absolute atomic E-state index is 4.08. The largest absolute Gasteiger partial charge is 0.264 e. The van der Waals surface area contributed by atoms with E-state index < -0.39 is 0 Å². The minimum Gasteiger partial charge on any atom is -0.264 e. The molecule has 4 rings (SSSR count). The zero-order valence-electron chi connectivity index (χ0n) is 20.7. The van der Waals surface area contributed by atoms with Crippen LogP contribution in [0.5, 0.6) is 0 Å². The van der Waals surface area contributed by atoms with Gasteiger partial charge in [-0.15, -0.1) is 0 Å². The van der Waals surface area contributed by atoms with Crippen LogP contribution >= 0.6 is 0 Å². The zero-order valence-corrected chi connectivity index (χ0v) is 20.7. The first-order valence-corrected chi connectivity index (χ1v) is 10.7. The molecule has 0 amide bonds. The monoisotopic (exact) mass is 460 g/mol. The average molecular weight is 461 g/mol. The maximum Gasteiger partial charge on any atom is 0.0375 e. The molecule has 0 unspecified atom stereocenters. The lowest BCUT2D eigenvalue weighted by Gasteiger charge is -1.92. The highest BCUT2D eigenvalue weighted by Crippen LogP contribution is 2.00. The molecule has 0 aliphatic carbocycles. The molecular weight excluding hydrogens is 416 g/mol. The fraction of sp³-hybridized carbons (Fsp3) is 0.333. The molecule has 0 saturated heterocycles. The van der Waals surface area contributed by atoms with Gasteiger partial charge >= 0.3 is 0 Å². The number of rotatable bonds is 0. The Morgan fingerprint density at radius 3 is 1.41 bits per heavy atom. The highest BCUT2D eigenvalue weighted by molar-refractivity contribution is 5.19. The van der Waals surface area contributed by atoms with Crippen LogP contribution in [0, 0.1) is 55.4 Å². The Labute approximate surface area is 208 Å². The number of hydrogen-bond acceptors (Lipinski definition) is 4. The van der Waals surface area contributed by atoms with Gasteiger partial charge in [0.25, 0.3) is 0 Å². The van der Waals surface area contributed by atoms with Crippen molar-refractivity contribution in [3.63, 3.8) is 0 Å². The summed E-state index contributed by atoms with van der Waals surface area (Å²) in [5.41, 5.74) is 9.68. The van der Waals surface area contributed by atoms with Gasteiger partial charge in [-0.05, 0) is 113 Å². The topological polar surface area (TPSA) is 51.6 Å². The summed E-state index contributed by atoms with van der Waals surface area (Å²) in [7, 11) is 0. The summed E-state index contributed by atoms with van der Waals surface area (Å²) >= 11 is 0. The van der Waals surface area contributed by atoms with Crippen LogP contribution in [0.2, 0.25) is 0 Å². The molecular formula is C30H44N4. The summed E-state index contributed by atoms with van der Waals surface area (Å²) < 4.78 is 0. The van der Waals surface area contributed by atoms with Crippen molar-refractivity contribution in [1.82, 2.24) is 19.9 Å². The summed E-state index contributed by atoms with van der Waals surface area (Å²) in [6.07, 6.45) is 11.1. The fourth-order valence-corrected chi connectivity index (χ4v) is 2.48. The standard InChI is InChI=1S/4C7H9N.2CH4/c1-6-3-7(2)5-8-4-6;1-6-3-4-8-5-7(6)2;1-6-3-4-8-7(2)5-6;1-6-3-4-7(2)8-5-6;;/h4*3-5H,1-2H3;2*1H4. The van der Waals surface area contributed by atoms with Crippen LogP contribution in [-0.2, 0) is 0 Å². The van der Waals surface area contributed by atoms with Gasteiger partial charge in [-0.1, -0.05) is 27.0 Å². The average Bonchev–Trinajstić information content (AvgIpc) is 2.73. The Morgan fingerprint density at radius 1 is 0.441 bits per heavy atom. The maximum atomic E-state index is 4.08. The van der Waals surface area contributed by atoms with Gasteiger partial charge in [0, 0.05) is 48.6 Å². The smallest absolute Gasteiger partial charge is 0.0375 e. The van der Waals surface area contributed by atoms with Gasteiger partial charge in [-0.3, -0.25) is 19.9 Å². The third-order valence-corrected chi connectivity index (χ3v) is 4.42. The first-order chi connectivity index (χ1) is 15.2. The Balaban J connectivity index is 0. The molecule has 0 aromatic carbocycles. The predicted molar refractivity (Wildman–Crippen MR) is 148 cm³/mol. The fourth-order valence-electron chi connectivity index (χ4n) is 2.48. The van der Waals surface area contributed by atoms with Gasteiger partial charge in [0.1, 0.15) is 0 Å². The molecule has 0 fully saturated rings. The molecule has 0 radical (unpaired) electrons. The third kappa shape index (κ3) is 15.4. The first kappa shape index (κ1) is 32.8. The molecule has 0 saturated carbocycles. The molecule has 4 aromatic rings. The van der Waals surface area contributed by atoms with E-state index in [1.165, 1.54) is 33.4 Å². The van der Waals surface area contributed by atoms with Crippen molar-refractivity contribution in [2.75, 3.05) is 0 Å². The van der Waals surface area contributed by atoms with Gasteiger partial charge in [0.2, 0.25) is 0 Å². The van der Waals surface area contributed by atoms with Crippen LogP contribution in [0.1, 0.15) is 59.6 Å². The lowest BCUT2D eigenvalue weighted by molar-refractivity contribution is 1.17. The van der Waals surface area contributed by atoms with E-state index in [0.717, 1.165) is 11.4 Å². The van der Waals surface area contributed by atoms with Gasteiger partial charge in [-0.2, -0.15) is 0 Å². The molecule has 184 valence electrons. The number of hydrogen-bond donors (Lipinski definition) is 0. The highest BCUT2D eigenvalue weighted by atomic mass is 14.7. The molecule has 0 spiro atoms. The van der Waals surface area contributed by atoms with Gasteiger partial charge in [0.05, 0.1) is 0 Å². The molecule has 0 atom stereocenters. The predicted octanol–water partition coefficient (Wildman–Crippen LogP) is 8.07. The van der Waals surface area contributed by atoms with E-state index in [2.05, 4.69) is 58.9 Å². The normalized spacial score (nSPS) is 8.71. The number of pyridine rings is 4. The van der Waals surface area contributed by atoms with Gasteiger partial charge in [0.15, 0.2) is 0 Å². The van der Waals surface area contributed by atoms with Crippen molar-refractivity contribution in [3.8, 4) is 0 Å². The lowest BCUT2D eigenvalue weighted by Crippen LogP contribution is -1.78. The first-order valence-electron chi connectivity index (χ1n) is 10.7. The summed E-state index contributed by atoms with van der Waals surface area (Å²) in [5, 5.41) is 0. The van der Waals surface area contributed by atoms with Crippen LogP contribution in [0.4, 0.5) is 0 Å². The third-order valence-electron chi connectivity index (χ3n) is 4.42. The molecule has 34 heavy (non-hydrogen) atoms. The molecule has 0 aliphatic heterocycles. The van der Waals surface area contributed by atoms with E-state index in [9.17, 15) is 0 Å². The van der Waals surface area contributed by atoms with Gasteiger partial charge in [-0.25, -0.2) is 0 Å². The second kappa shape index (κ2) is 18.1. The van der Waals surface area contributed by atoms with Gasteiger partial charge < -0.3 is 0 Å². The van der Waals surface area contributed by atoms with Crippen molar-refractivity contribution >= 4 is 0 Å². The van der Waals surface area contributed by atoms with E-state index in [4.69, 9.17) is 0 Å². The molecule has 0 N–H and O–H groups in total. The minimum absolute atomic E-state index is 0. The summed E-state index contributed by atoms with van der Waals surface area (Å²) in [6, 6.07) is 12.2. The minimum atomic E-state index is 0. The van der Waals surface area contributed by atoms with E-state index in [-0.39, 0.29) is 14.9 Å². The molecule has 4 nitrogen and oxygen atoms in total. The Kier molecular flexibility index (Phi) is 17.4. The number of aryl methyl sites for hydroxylation is 8. The van der Waals surface area contributed by atoms with Crippen LogP contribution in [0.15, 0.2) is 73.6 Å². The summed E-state index contributed by atoms with van der Waals surface area (Å²) in [4.78, 5) is 16.0. The second-order valence-corrected chi connectivity index (χ2v) is 7.95. The number of aromatic nitrogens is 4. The van der Waals surface area contributed by atoms with Crippen LogP contribution < -0.4 is 0 Å². The van der Waals surface area contributed by atoms with Crippen molar-refractivity contribution in [1.29, 1.82) is 0 Å². The van der Waals surface area contributed by atoms with Crippen LogP contribution in [0.3, 0.4) is 0 Å². The van der Waals surface area contributed by atoms with E-state index in [1.807, 2.05) is 90.0 Å². The quantitative estimate of drug-likeness (QED) is 0.266. The Hall–Kier alpha value is -3.40. The molecule has 4 heterocycles. The SMILES string of the molecule is C.C.Cc1ccc(C)nc1.Cc1ccnc(C)c1.Cc1ccncc1C.Cc1cncc(C)c1. The lowest BCUT2D eigenvalue weighted by atomic mass is 10.2. The Bertz CT molecular complexity index is 937. The van der Waals surface area contributed by atoms with E-state index in [1.54, 1.807) is 0 Å². The van der Waals surface area contributed by atoms with E-state index >= 15 is 0 Å². The molecule has 0 bridgehead atoms. The van der Waals surface area contributed by atoms with Crippen LogP contribution in [0.25, 0.3) is 0 Å². The van der Waals surface area contributed by atoms with Crippen molar-refractivity contribution in [2.45, 2.75) is 70.2 Å². The molecule has 0 aliphatic rings. The summed E-state index contributed by atoms with van der Waals surface area (Å²) in [5.74, 6) is 0. The van der Waals surface area contributed by atoms with Crippen molar-refractivity contribution in [3.05, 3.63) is 118 Å².